The Hall–Kier alpha value is -1.60. The summed E-state index contributed by atoms with van der Waals surface area (Å²) in [6.07, 6.45) is 3.55. The number of hydrogen-bond acceptors (Lipinski definition) is 3. The molecule has 0 unspecified atom stereocenters. The van der Waals surface area contributed by atoms with Gasteiger partial charge in [-0.05, 0) is 28.9 Å². The topological polar surface area (TPSA) is 64.1 Å². The molecule has 1 aromatic heterocycles. The number of nitro groups is 1. The summed E-state index contributed by atoms with van der Waals surface area (Å²) in [5, 5.41) is 10.9. The molecule has 2 aromatic rings. The van der Waals surface area contributed by atoms with Gasteiger partial charge in [-0.25, -0.2) is 0 Å². The molecule has 0 fully saturated rings. The third-order valence-electron chi connectivity index (χ3n) is 2.88. The van der Waals surface area contributed by atoms with Gasteiger partial charge in [0.2, 0.25) is 12.3 Å². The first-order valence-electron chi connectivity index (χ1n) is 5.90. The quantitative estimate of drug-likeness (QED) is 0.301. The van der Waals surface area contributed by atoms with Crippen molar-refractivity contribution < 1.29 is 31.3 Å². The number of aryl methyl sites for hydroxylation is 1. The smallest absolute Gasteiger partial charge is 0.273 e. The molecule has 21 heavy (non-hydrogen) atoms. The Labute approximate surface area is 140 Å². The third kappa shape index (κ3) is 4.44. The molecule has 110 valence electrons. The number of benzene rings is 1. The van der Waals surface area contributed by atoms with E-state index in [1.807, 2.05) is 12.1 Å². The Morgan fingerprint density at radius 3 is 2.71 bits per heavy atom. The SMILES string of the molecule is Cc1ccc(C(=O)C[n+]2cccc(Br)c2)cc1[N+](=O)[O-].[Br-]. The van der Waals surface area contributed by atoms with E-state index in [9.17, 15) is 14.9 Å². The standard InChI is InChI=1S/C14H12BrN2O3.BrH/c1-10-4-5-11(7-13(10)17(19)20)14(18)9-16-6-2-3-12(15)8-16;/h2-8H,9H2,1H3;1H/q+1;/p-1. The highest BCUT2D eigenvalue weighted by Gasteiger charge is 2.17. The van der Waals surface area contributed by atoms with Gasteiger partial charge in [-0.1, -0.05) is 12.1 Å². The van der Waals surface area contributed by atoms with E-state index >= 15 is 0 Å². The Morgan fingerprint density at radius 2 is 2.10 bits per heavy atom. The van der Waals surface area contributed by atoms with Crippen LogP contribution in [0.2, 0.25) is 0 Å². The predicted octanol–water partition coefficient (Wildman–Crippen LogP) is -0.160. The summed E-state index contributed by atoms with van der Waals surface area (Å²) in [5.41, 5.74) is 0.853. The summed E-state index contributed by atoms with van der Waals surface area (Å²) >= 11 is 3.33. The van der Waals surface area contributed by atoms with Gasteiger partial charge in [0.1, 0.15) is 0 Å². The fraction of sp³-hybridized carbons (Fsp3) is 0.143. The van der Waals surface area contributed by atoms with Crippen LogP contribution in [0.3, 0.4) is 0 Å². The molecule has 0 saturated heterocycles. The number of rotatable bonds is 4. The first-order valence-corrected chi connectivity index (χ1v) is 6.69. The Kier molecular flexibility index (Phi) is 6.17. The third-order valence-corrected chi connectivity index (χ3v) is 3.35. The largest absolute Gasteiger partial charge is 1.00 e. The highest BCUT2D eigenvalue weighted by molar-refractivity contribution is 9.10. The number of ketones is 1. The molecular formula is C14H12Br2N2O3. The highest BCUT2D eigenvalue weighted by Crippen LogP contribution is 2.19. The molecule has 0 bridgehead atoms. The maximum Gasteiger partial charge on any atom is 0.273 e. The number of carbonyl (C=O) groups excluding carboxylic acids is 1. The minimum atomic E-state index is -0.474. The molecule has 0 atom stereocenters. The van der Waals surface area contributed by atoms with E-state index in [0.717, 1.165) is 4.47 Å². The van der Waals surface area contributed by atoms with Crippen LogP contribution >= 0.6 is 15.9 Å². The number of nitro benzene ring substituents is 1. The highest BCUT2D eigenvalue weighted by atomic mass is 79.9. The van der Waals surface area contributed by atoms with E-state index in [-0.39, 0.29) is 35.0 Å². The van der Waals surface area contributed by atoms with Crippen LogP contribution in [0.15, 0.2) is 47.2 Å². The molecule has 2 rings (SSSR count). The molecule has 0 saturated carbocycles. The summed E-state index contributed by atoms with van der Waals surface area (Å²) in [6, 6.07) is 8.21. The van der Waals surface area contributed by atoms with Crippen LogP contribution in [0.4, 0.5) is 5.69 Å². The summed E-state index contributed by atoms with van der Waals surface area (Å²) in [4.78, 5) is 22.6. The van der Waals surface area contributed by atoms with Gasteiger partial charge >= 0.3 is 0 Å². The van der Waals surface area contributed by atoms with Crippen molar-refractivity contribution in [1.29, 1.82) is 0 Å². The van der Waals surface area contributed by atoms with Crippen LogP contribution in [-0.2, 0) is 6.54 Å². The number of carbonyl (C=O) groups is 1. The summed E-state index contributed by atoms with van der Waals surface area (Å²) in [5.74, 6) is -0.170. The van der Waals surface area contributed by atoms with E-state index in [0.29, 0.717) is 11.1 Å². The average molecular weight is 416 g/mol. The van der Waals surface area contributed by atoms with Crippen LogP contribution in [0.5, 0.6) is 0 Å². The lowest BCUT2D eigenvalue weighted by Crippen LogP contribution is -3.00. The van der Waals surface area contributed by atoms with E-state index in [1.54, 1.807) is 36.0 Å². The van der Waals surface area contributed by atoms with Crippen molar-refractivity contribution >= 4 is 27.4 Å². The fourth-order valence-electron chi connectivity index (χ4n) is 1.82. The lowest BCUT2D eigenvalue weighted by atomic mass is 10.1. The molecular weight excluding hydrogens is 404 g/mol. The minimum absolute atomic E-state index is 0. The molecule has 1 aromatic carbocycles. The second-order valence-corrected chi connectivity index (χ2v) is 5.29. The average Bonchev–Trinajstić information content (AvgIpc) is 2.38. The fourth-order valence-corrected chi connectivity index (χ4v) is 2.24. The lowest BCUT2D eigenvalue weighted by molar-refractivity contribution is -0.683. The monoisotopic (exact) mass is 414 g/mol. The molecule has 0 aliphatic heterocycles. The van der Waals surface area contributed by atoms with Gasteiger partial charge in [-0.3, -0.25) is 14.9 Å². The molecule has 0 aliphatic rings. The number of Topliss-reactive ketones (excluding diaryl/α,β-unsaturated/α-hetero) is 1. The Bertz CT molecular complexity index is 690. The van der Waals surface area contributed by atoms with Crippen molar-refractivity contribution in [1.82, 2.24) is 0 Å². The van der Waals surface area contributed by atoms with Gasteiger partial charge in [0.25, 0.3) is 5.69 Å². The van der Waals surface area contributed by atoms with Crippen molar-refractivity contribution in [2.24, 2.45) is 0 Å². The van der Waals surface area contributed by atoms with Crippen molar-refractivity contribution in [3.8, 4) is 0 Å². The van der Waals surface area contributed by atoms with Gasteiger partial charge in [-0.15, -0.1) is 0 Å². The molecule has 0 N–H and O–H groups in total. The summed E-state index contributed by atoms with van der Waals surface area (Å²) in [7, 11) is 0. The van der Waals surface area contributed by atoms with Gasteiger partial charge in [0.15, 0.2) is 12.4 Å². The predicted molar refractivity (Wildman–Crippen MR) is 76.5 cm³/mol. The molecule has 0 aliphatic carbocycles. The maximum atomic E-state index is 12.2. The van der Waals surface area contributed by atoms with Gasteiger partial charge in [0, 0.05) is 23.3 Å². The zero-order valence-corrected chi connectivity index (χ0v) is 14.3. The van der Waals surface area contributed by atoms with E-state index in [4.69, 9.17) is 0 Å². The van der Waals surface area contributed by atoms with Crippen LogP contribution in [0.25, 0.3) is 0 Å². The zero-order chi connectivity index (χ0) is 14.7. The van der Waals surface area contributed by atoms with Gasteiger partial charge < -0.3 is 17.0 Å². The van der Waals surface area contributed by atoms with Crippen LogP contribution in [-0.4, -0.2) is 10.7 Å². The number of halogens is 2. The van der Waals surface area contributed by atoms with E-state index in [1.165, 1.54) is 6.07 Å². The number of pyridine rings is 1. The first-order chi connectivity index (χ1) is 9.47. The summed E-state index contributed by atoms with van der Waals surface area (Å²) < 4.78 is 2.58. The van der Waals surface area contributed by atoms with Gasteiger partial charge in [0.05, 0.1) is 9.40 Å². The molecule has 7 heteroatoms. The van der Waals surface area contributed by atoms with Crippen molar-refractivity contribution in [3.63, 3.8) is 0 Å². The minimum Gasteiger partial charge on any atom is -1.00 e. The van der Waals surface area contributed by atoms with Crippen LogP contribution in [0, 0.1) is 17.0 Å². The number of nitrogens with zero attached hydrogens (tertiary/aromatic N) is 2. The second kappa shape index (κ2) is 7.42. The van der Waals surface area contributed by atoms with Crippen LogP contribution < -0.4 is 21.5 Å². The van der Waals surface area contributed by atoms with Crippen molar-refractivity contribution in [2.45, 2.75) is 13.5 Å². The van der Waals surface area contributed by atoms with Crippen molar-refractivity contribution in [3.05, 3.63) is 68.4 Å². The zero-order valence-electron chi connectivity index (χ0n) is 11.1. The molecule has 1 heterocycles. The molecule has 0 radical (unpaired) electrons. The Balaban J connectivity index is 0.00000220. The van der Waals surface area contributed by atoms with Crippen LogP contribution in [0.1, 0.15) is 15.9 Å². The maximum absolute atomic E-state index is 12.2. The number of aromatic nitrogens is 1. The molecule has 5 nitrogen and oxygen atoms in total. The Morgan fingerprint density at radius 1 is 1.38 bits per heavy atom. The second-order valence-electron chi connectivity index (χ2n) is 4.38. The van der Waals surface area contributed by atoms with Crippen molar-refractivity contribution in [2.75, 3.05) is 0 Å². The number of hydrogen-bond donors (Lipinski definition) is 0. The van der Waals surface area contributed by atoms with E-state index in [2.05, 4.69) is 15.9 Å². The lowest BCUT2D eigenvalue weighted by Gasteiger charge is -2.01. The first kappa shape index (κ1) is 17.5. The normalized spacial score (nSPS) is 9.81. The molecule has 0 amide bonds. The summed E-state index contributed by atoms with van der Waals surface area (Å²) in [6.45, 7) is 1.79. The molecule has 0 spiro atoms. The van der Waals surface area contributed by atoms with E-state index < -0.39 is 4.92 Å². The van der Waals surface area contributed by atoms with Gasteiger partial charge in [-0.2, -0.15) is 4.57 Å².